The first-order chi connectivity index (χ1) is 15.5. The number of ether oxygens (including phenoxy) is 4. The van der Waals surface area contributed by atoms with Gasteiger partial charge in [-0.1, -0.05) is 0 Å². The number of nitrogens with zero attached hydrogens (tertiary/aromatic N) is 1. The summed E-state index contributed by atoms with van der Waals surface area (Å²) in [5, 5.41) is 2.78. The van der Waals surface area contributed by atoms with E-state index in [1.54, 1.807) is 37.4 Å². The minimum Gasteiger partial charge on any atom is -0.497 e. The molecule has 0 spiro atoms. The molecule has 32 heavy (non-hydrogen) atoms. The SMILES string of the molecule is COc1ccc(OCCNC(=O)C2CCCN2S(=O)(=O)c2ccc3c(c2)OCCO3)cc1. The summed E-state index contributed by atoms with van der Waals surface area (Å²) in [5.41, 5.74) is 0. The quantitative estimate of drug-likeness (QED) is 0.597. The third-order valence-corrected chi connectivity index (χ3v) is 7.26. The molecule has 0 bridgehead atoms. The Morgan fingerprint density at radius 3 is 2.56 bits per heavy atom. The number of benzene rings is 2. The van der Waals surface area contributed by atoms with Crippen LogP contribution in [0.15, 0.2) is 47.4 Å². The fourth-order valence-electron chi connectivity index (χ4n) is 3.74. The second-order valence-electron chi connectivity index (χ2n) is 7.39. The van der Waals surface area contributed by atoms with Crippen LogP contribution in [-0.2, 0) is 14.8 Å². The number of hydrogen-bond donors (Lipinski definition) is 1. The average Bonchev–Trinajstić information content (AvgIpc) is 3.33. The van der Waals surface area contributed by atoms with Gasteiger partial charge in [0.05, 0.1) is 18.6 Å². The number of fused-ring (bicyclic) bond motifs is 1. The standard InChI is InChI=1S/C22H26N2O7S/c1-28-16-4-6-17(7-5-16)29-12-10-23-22(25)19-3-2-11-24(19)32(26,27)18-8-9-20-21(15-18)31-14-13-30-20/h4-9,15,19H,2-3,10-14H2,1H3,(H,23,25). The van der Waals surface area contributed by atoms with Gasteiger partial charge in [0.25, 0.3) is 0 Å². The summed E-state index contributed by atoms with van der Waals surface area (Å²) in [7, 11) is -2.26. The van der Waals surface area contributed by atoms with Crippen molar-refractivity contribution in [1.82, 2.24) is 9.62 Å². The summed E-state index contributed by atoms with van der Waals surface area (Å²) in [6.07, 6.45) is 1.08. The van der Waals surface area contributed by atoms with Crippen LogP contribution in [0.1, 0.15) is 12.8 Å². The molecule has 0 radical (unpaired) electrons. The Bertz CT molecular complexity index is 1060. The van der Waals surface area contributed by atoms with Crippen molar-refractivity contribution in [2.24, 2.45) is 0 Å². The Hall–Kier alpha value is -2.98. The van der Waals surface area contributed by atoms with Crippen LogP contribution in [0.3, 0.4) is 0 Å². The number of amides is 1. The Morgan fingerprint density at radius 1 is 1.09 bits per heavy atom. The van der Waals surface area contributed by atoms with E-state index >= 15 is 0 Å². The number of carbonyl (C=O) groups excluding carboxylic acids is 1. The molecule has 2 aromatic carbocycles. The maximum Gasteiger partial charge on any atom is 0.243 e. The molecule has 0 aromatic heterocycles. The maximum atomic E-state index is 13.2. The summed E-state index contributed by atoms with van der Waals surface area (Å²) >= 11 is 0. The number of sulfonamides is 1. The first kappa shape index (κ1) is 22.2. The van der Waals surface area contributed by atoms with E-state index < -0.39 is 16.1 Å². The summed E-state index contributed by atoms with van der Waals surface area (Å²) in [6.45, 7) is 1.61. The second-order valence-corrected chi connectivity index (χ2v) is 9.28. The Morgan fingerprint density at radius 2 is 1.81 bits per heavy atom. The average molecular weight is 463 g/mol. The third kappa shape index (κ3) is 4.76. The summed E-state index contributed by atoms with van der Waals surface area (Å²) in [6, 6.07) is 10.9. The van der Waals surface area contributed by atoms with E-state index in [2.05, 4.69) is 5.32 Å². The molecule has 2 heterocycles. The van der Waals surface area contributed by atoms with E-state index in [1.165, 1.54) is 16.4 Å². The molecule has 1 unspecified atom stereocenters. The molecular formula is C22H26N2O7S. The lowest BCUT2D eigenvalue weighted by atomic mass is 10.2. The van der Waals surface area contributed by atoms with Crippen molar-refractivity contribution < 1.29 is 32.2 Å². The maximum absolute atomic E-state index is 13.2. The number of hydrogen-bond acceptors (Lipinski definition) is 7. The van der Waals surface area contributed by atoms with Gasteiger partial charge in [0.1, 0.15) is 37.4 Å². The van der Waals surface area contributed by atoms with Crippen molar-refractivity contribution in [2.45, 2.75) is 23.8 Å². The largest absolute Gasteiger partial charge is 0.497 e. The van der Waals surface area contributed by atoms with Gasteiger partial charge >= 0.3 is 0 Å². The van der Waals surface area contributed by atoms with Gasteiger partial charge in [0, 0.05) is 12.6 Å². The molecule has 1 saturated heterocycles. The zero-order valence-electron chi connectivity index (χ0n) is 17.8. The van der Waals surface area contributed by atoms with Gasteiger partial charge in [-0.3, -0.25) is 4.79 Å². The Balaban J connectivity index is 1.35. The van der Waals surface area contributed by atoms with Crippen LogP contribution in [0.4, 0.5) is 0 Å². The van der Waals surface area contributed by atoms with Crippen molar-refractivity contribution >= 4 is 15.9 Å². The normalized spacial score (nSPS) is 18.2. The van der Waals surface area contributed by atoms with E-state index in [9.17, 15) is 13.2 Å². The molecular weight excluding hydrogens is 436 g/mol. The monoisotopic (exact) mass is 462 g/mol. The lowest BCUT2D eigenvalue weighted by molar-refractivity contribution is -0.124. The minimum atomic E-state index is -3.85. The molecule has 4 rings (SSSR count). The number of methoxy groups -OCH3 is 1. The lowest BCUT2D eigenvalue weighted by Gasteiger charge is -2.24. The van der Waals surface area contributed by atoms with Crippen LogP contribution >= 0.6 is 0 Å². The molecule has 172 valence electrons. The van der Waals surface area contributed by atoms with Gasteiger partial charge in [-0.15, -0.1) is 0 Å². The molecule has 1 amide bonds. The van der Waals surface area contributed by atoms with Gasteiger partial charge in [-0.25, -0.2) is 8.42 Å². The molecule has 1 fully saturated rings. The van der Waals surface area contributed by atoms with E-state index in [0.29, 0.717) is 43.3 Å². The van der Waals surface area contributed by atoms with Crippen molar-refractivity contribution in [2.75, 3.05) is 40.0 Å². The molecule has 1 N–H and O–H groups in total. The molecule has 2 aromatic rings. The molecule has 10 heteroatoms. The fourth-order valence-corrected chi connectivity index (χ4v) is 5.41. The third-order valence-electron chi connectivity index (χ3n) is 5.36. The van der Waals surface area contributed by atoms with Crippen LogP contribution in [-0.4, -0.2) is 64.7 Å². The predicted octanol–water partition coefficient (Wildman–Crippen LogP) is 1.81. The zero-order valence-corrected chi connectivity index (χ0v) is 18.6. The predicted molar refractivity (Wildman–Crippen MR) is 116 cm³/mol. The molecule has 2 aliphatic heterocycles. The van der Waals surface area contributed by atoms with Crippen LogP contribution in [0.25, 0.3) is 0 Å². The number of rotatable bonds is 8. The topological polar surface area (TPSA) is 103 Å². The van der Waals surface area contributed by atoms with Crippen LogP contribution in [0, 0.1) is 0 Å². The highest BCUT2D eigenvalue weighted by Crippen LogP contribution is 2.34. The van der Waals surface area contributed by atoms with Gasteiger partial charge < -0.3 is 24.3 Å². The first-order valence-electron chi connectivity index (χ1n) is 10.4. The molecule has 1 atom stereocenters. The Labute approximate surface area is 187 Å². The van der Waals surface area contributed by atoms with E-state index in [4.69, 9.17) is 18.9 Å². The smallest absolute Gasteiger partial charge is 0.243 e. The highest BCUT2D eigenvalue weighted by molar-refractivity contribution is 7.89. The van der Waals surface area contributed by atoms with E-state index in [-0.39, 0.29) is 30.5 Å². The molecule has 0 saturated carbocycles. The number of carbonyl (C=O) groups is 1. The first-order valence-corrected chi connectivity index (χ1v) is 11.9. The number of nitrogens with one attached hydrogen (secondary N) is 1. The van der Waals surface area contributed by atoms with Crippen molar-refractivity contribution in [3.8, 4) is 23.0 Å². The fraction of sp³-hybridized carbons (Fsp3) is 0.409. The highest BCUT2D eigenvalue weighted by atomic mass is 32.2. The minimum absolute atomic E-state index is 0.0873. The van der Waals surface area contributed by atoms with Crippen molar-refractivity contribution in [3.05, 3.63) is 42.5 Å². The lowest BCUT2D eigenvalue weighted by Crippen LogP contribution is -2.46. The van der Waals surface area contributed by atoms with Crippen molar-refractivity contribution in [1.29, 1.82) is 0 Å². The van der Waals surface area contributed by atoms with Crippen LogP contribution in [0.2, 0.25) is 0 Å². The zero-order chi connectivity index (χ0) is 22.6. The van der Waals surface area contributed by atoms with Gasteiger partial charge in [0.2, 0.25) is 15.9 Å². The molecule has 2 aliphatic rings. The molecule has 0 aliphatic carbocycles. The van der Waals surface area contributed by atoms with E-state index in [0.717, 1.165) is 5.75 Å². The van der Waals surface area contributed by atoms with Crippen LogP contribution < -0.4 is 24.3 Å². The Kier molecular flexibility index (Phi) is 6.71. The van der Waals surface area contributed by atoms with Gasteiger partial charge in [-0.05, 0) is 49.2 Å². The second kappa shape index (κ2) is 9.66. The summed E-state index contributed by atoms with van der Waals surface area (Å²) in [4.78, 5) is 12.8. The van der Waals surface area contributed by atoms with Crippen molar-refractivity contribution in [3.63, 3.8) is 0 Å². The van der Waals surface area contributed by atoms with Crippen LogP contribution in [0.5, 0.6) is 23.0 Å². The molecule has 9 nitrogen and oxygen atoms in total. The summed E-state index contributed by atoms with van der Waals surface area (Å²) < 4.78 is 49.4. The van der Waals surface area contributed by atoms with Gasteiger partial charge in [0.15, 0.2) is 11.5 Å². The van der Waals surface area contributed by atoms with Gasteiger partial charge in [-0.2, -0.15) is 4.31 Å². The summed E-state index contributed by atoms with van der Waals surface area (Å²) in [5.74, 6) is 1.97. The highest BCUT2D eigenvalue weighted by Gasteiger charge is 2.39. The van der Waals surface area contributed by atoms with E-state index in [1.807, 2.05) is 0 Å².